The van der Waals surface area contributed by atoms with E-state index in [0.717, 1.165) is 0 Å². The van der Waals surface area contributed by atoms with E-state index in [0.29, 0.717) is 6.61 Å². The lowest BCUT2D eigenvalue weighted by Crippen LogP contribution is -2.06. The molecule has 0 amide bonds. The topological polar surface area (TPSA) is 43.4 Å². The van der Waals surface area contributed by atoms with Gasteiger partial charge >= 0.3 is 5.97 Å². The van der Waals surface area contributed by atoms with E-state index in [4.69, 9.17) is 0 Å². The molecule has 0 aliphatic carbocycles. The van der Waals surface area contributed by atoms with Crippen LogP contribution in [-0.4, -0.2) is 18.1 Å². The number of rotatable bonds is 3. The third-order valence-corrected chi connectivity index (χ3v) is 0.828. The second-order valence-corrected chi connectivity index (χ2v) is 2.09. The summed E-state index contributed by atoms with van der Waals surface area (Å²) in [6.07, 6.45) is -0.140. The molecule has 0 aromatic carbocycles. The molecule has 0 bridgehead atoms. The van der Waals surface area contributed by atoms with Crippen LogP contribution in [0.2, 0.25) is 0 Å². The Kier molecular flexibility index (Phi) is 4.24. The Hall–Kier alpha value is -0.430. The fraction of sp³-hybridized carbons (Fsp3) is 0.600. The molecule has 1 atom stereocenters. The molecule has 0 aromatic rings. The van der Waals surface area contributed by atoms with Gasteiger partial charge in [0, 0.05) is 0 Å². The van der Waals surface area contributed by atoms with E-state index in [-0.39, 0.29) is 11.9 Å². The Balaban J connectivity index is 3.39. The molecular weight excluding hydrogens is 139 g/mol. The highest BCUT2D eigenvalue weighted by Gasteiger charge is 2.03. The van der Waals surface area contributed by atoms with Gasteiger partial charge in [0.2, 0.25) is 0 Å². The Bertz CT molecular complexity index is 121. The van der Waals surface area contributed by atoms with Gasteiger partial charge in [0.05, 0.1) is 6.61 Å². The van der Waals surface area contributed by atoms with Gasteiger partial charge in [0.25, 0.3) is 0 Å². The average Bonchev–Trinajstić information content (AvgIpc) is 1.63. The van der Waals surface area contributed by atoms with Gasteiger partial charge in [0.15, 0.2) is 5.52 Å². The molecule has 9 heavy (non-hydrogen) atoms. The minimum atomic E-state index is -0.461. The van der Waals surface area contributed by atoms with Crippen LogP contribution in [0, 0.1) is 0 Å². The largest absolute Gasteiger partial charge is 0.466 e. The number of hydrogen-bond acceptors (Lipinski definition) is 3. The number of esters is 1. The fourth-order valence-corrected chi connectivity index (χ4v) is 0.521. The van der Waals surface area contributed by atoms with Crippen molar-refractivity contribution in [2.45, 2.75) is 13.3 Å². The highest BCUT2D eigenvalue weighted by molar-refractivity contribution is 7.40. The minimum Gasteiger partial charge on any atom is -0.466 e. The maximum absolute atomic E-state index is 10.4. The molecule has 0 N–H and O–H groups in total. The standard InChI is InChI=1S/C5H9O3P/c1-2-8-4(6)3-5(7)9/h2-3,9H2,1H3. The van der Waals surface area contributed by atoms with Crippen LogP contribution >= 0.6 is 9.24 Å². The molecule has 4 heteroatoms. The van der Waals surface area contributed by atoms with Crippen LogP contribution in [0.15, 0.2) is 0 Å². The summed E-state index contributed by atoms with van der Waals surface area (Å²) in [5.41, 5.74) is -0.242. The maximum atomic E-state index is 10.4. The first-order chi connectivity index (χ1) is 4.16. The molecular formula is C5H9O3P. The number of ether oxygens (including phenoxy) is 1. The molecule has 0 aliphatic rings. The zero-order valence-corrected chi connectivity index (χ0v) is 6.37. The van der Waals surface area contributed by atoms with E-state index in [2.05, 4.69) is 4.74 Å². The van der Waals surface area contributed by atoms with Crippen molar-refractivity contribution in [1.82, 2.24) is 0 Å². The Morgan fingerprint density at radius 2 is 2.11 bits per heavy atom. The first-order valence-electron chi connectivity index (χ1n) is 2.60. The number of carbonyl (C=O) groups excluding carboxylic acids is 2. The molecule has 0 aliphatic heterocycles. The van der Waals surface area contributed by atoms with Crippen molar-refractivity contribution in [2.24, 2.45) is 0 Å². The summed E-state index contributed by atoms with van der Waals surface area (Å²) < 4.78 is 4.48. The van der Waals surface area contributed by atoms with E-state index in [9.17, 15) is 9.59 Å². The predicted octanol–water partition coefficient (Wildman–Crippen LogP) is 0.341. The van der Waals surface area contributed by atoms with Gasteiger partial charge in [-0.1, -0.05) is 9.24 Å². The lowest BCUT2D eigenvalue weighted by atomic mass is 10.5. The molecule has 0 fully saturated rings. The number of hydrogen-bond donors (Lipinski definition) is 0. The Morgan fingerprint density at radius 3 is 2.44 bits per heavy atom. The van der Waals surface area contributed by atoms with Crippen molar-refractivity contribution in [3.8, 4) is 0 Å². The summed E-state index contributed by atoms with van der Waals surface area (Å²) in [4.78, 5) is 20.6. The molecule has 0 saturated heterocycles. The van der Waals surface area contributed by atoms with Gasteiger partial charge in [-0.25, -0.2) is 0 Å². The van der Waals surface area contributed by atoms with Crippen LogP contribution in [0.4, 0.5) is 0 Å². The first kappa shape index (κ1) is 8.57. The van der Waals surface area contributed by atoms with Crippen LogP contribution < -0.4 is 0 Å². The fourth-order valence-electron chi connectivity index (χ4n) is 0.354. The summed E-state index contributed by atoms with van der Waals surface area (Å²) >= 11 is 0. The molecule has 52 valence electrons. The second-order valence-electron chi connectivity index (χ2n) is 1.45. The minimum absolute atomic E-state index is 0.140. The van der Waals surface area contributed by atoms with Crippen LogP contribution in [0.5, 0.6) is 0 Å². The van der Waals surface area contributed by atoms with Crippen LogP contribution in [-0.2, 0) is 14.3 Å². The third-order valence-electron chi connectivity index (χ3n) is 0.624. The maximum Gasteiger partial charge on any atom is 0.313 e. The SMILES string of the molecule is CCOC(=O)CC(=O)P. The lowest BCUT2D eigenvalue weighted by Gasteiger charge is -1.95. The zero-order chi connectivity index (χ0) is 7.28. The van der Waals surface area contributed by atoms with Crippen molar-refractivity contribution in [3.05, 3.63) is 0 Å². The predicted molar refractivity (Wildman–Crippen MR) is 36.0 cm³/mol. The second kappa shape index (κ2) is 4.45. The van der Waals surface area contributed by atoms with Crippen LogP contribution in [0.25, 0.3) is 0 Å². The quantitative estimate of drug-likeness (QED) is 0.329. The summed E-state index contributed by atoms with van der Waals surface area (Å²) in [6, 6.07) is 0. The molecule has 0 aromatic heterocycles. The monoisotopic (exact) mass is 148 g/mol. The van der Waals surface area contributed by atoms with E-state index in [1.165, 1.54) is 0 Å². The molecule has 0 saturated carbocycles. The smallest absolute Gasteiger partial charge is 0.313 e. The van der Waals surface area contributed by atoms with Crippen molar-refractivity contribution in [2.75, 3.05) is 6.61 Å². The summed E-state index contributed by atoms with van der Waals surface area (Å²) in [7, 11) is 1.91. The first-order valence-corrected chi connectivity index (χ1v) is 3.18. The molecule has 0 heterocycles. The molecule has 0 radical (unpaired) electrons. The average molecular weight is 148 g/mol. The van der Waals surface area contributed by atoms with Gasteiger partial charge < -0.3 is 4.74 Å². The van der Waals surface area contributed by atoms with Gasteiger partial charge in [-0.05, 0) is 6.92 Å². The van der Waals surface area contributed by atoms with E-state index in [1.807, 2.05) is 9.24 Å². The molecule has 0 spiro atoms. The summed E-state index contributed by atoms with van der Waals surface area (Å²) in [5.74, 6) is -0.461. The highest BCUT2D eigenvalue weighted by atomic mass is 31.0. The number of carbonyl (C=O) groups is 2. The summed E-state index contributed by atoms with van der Waals surface area (Å²) in [6.45, 7) is 2.03. The zero-order valence-electron chi connectivity index (χ0n) is 5.22. The molecule has 0 rings (SSSR count). The molecule has 3 nitrogen and oxygen atoms in total. The van der Waals surface area contributed by atoms with Crippen molar-refractivity contribution in [1.29, 1.82) is 0 Å². The Morgan fingerprint density at radius 1 is 1.56 bits per heavy atom. The van der Waals surface area contributed by atoms with Gasteiger partial charge in [-0.2, -0.15) is 0 Å². The van der Waals surface area contributed by atoms with Crippen LogP contribution in [0.1, 0.15) is 13.3 Å². The van der Waals surface area contributed by atoms with E-state index < -0.39 is 5.97 Å². The van der Waals surface area contributed by atoms with Gasteiger partial charge in [-0.15, -0.1) is 0 Å². The van der Waals surface area contributed by atoms with Gasteiger partial charge in [-0.3, -0.25) is 9.59 Å². The van der Waals surface area contributed by atoms with Crippen LogP contribution in [0.3, 0.4) is 0 Å². The highest BCUT2D eigenvalue weighted by Crippen LogP contribution is 1.93. The molecule has 1 unspecified atom stereocenters. The van der Waals surface area contributed by atoms with Crippen molar-refractivity contribution in [3.63, 3.8) is 0 Å². The Labute approximate surface area is 56.0 Å². The normalized spacial score (nSPS) is 8.67. The van der Waals surface area contributed by atoms with Crippen molar-refractivity contribution >= 4 is 20.7 Å². The lowest BCUT2D eigenvalue weighted by molar-refractivity contribution is -0.144. The third kappa shape index (κ3) is 5.44. The van der Waals surface area contributed by atoms with E-state index >= 15 is 0 Å². The van der Waals surface area contributed by atoms with Gasteiger partial charge in [0.1, 0.15) is 6.42 Å². The van der Waals surface area contributed by atoms with E-state index in [1.54, 1.807) is 6.92 Å². The van der Waals surface area contributed by atoms with Crippen molar-refractivity contribution < 1.29 is 14.3 Å². The summed E-state index contributed by atoms with van der Waals surface area (Å²) in [5, 5.41) is 0.